The first-order valence-electron chi connectivity index (χ1n) is 12.7. The summed E-state index contributed by atoms with van der Waals surface area (Å²) < 4.78 is 7.49. The number of carbonyl (C=O) groups is 1. The van der Waals surface area contributed by atoms with Crippen molar-refractivity contribution < 1.29 is 9.53 Å². The van der Waals surface area contributed by atoms with Gasteiger partial charge in [-0.15, -0.1) is 0 Å². The van der Waals surface area contributed by atoms with Crippen molar-refractivity contribution >= 4 is 22.4 Å². The number of nitrogens with one attached hydrogen (secondary N) is 2. The van der Waals surface area contributed by atoms with E-state index in [4.69, 9.17) is 4.74 Å². The molecular weight excluding hydrogens is 446 g/mol. The standard InChI is InChI=1S/C31H33N3O2/c1-36-18-8-17-34-22-26(28-13-5-6-14-30(28)34)20-33-31(35)29-21-32-16-15-27(29)25-12-7-11-24(19-25)23-9-3-2-4-10-23/h2-7,9-14,19,22,32H,8,15-18,20-21H2,1H3,(H,33,35). The Kier molecular flexibility index (Phi) is 7.60. The maximum absolute atomic E-state index is 13.4. The quantitative estimate of drug-likeness (QED) is 0.316. The first-order valence-corrected chi connectivity index (χ1v) is 12.7. The van der Waals surface area contributed by atoms with Crippen LogP contribution in [0.4, 0.5) is 0 Å². The molecule has 5 rings (SSSR count). The molecule has 0 saturated heterocycles. The summed E-state index contributed by atoms with van der Waals surface area (Å²) in [6.45, 7) is 3.57. The van der Waals surface area contributed by atoms with Gasteiger partial charge in [0, 0.05) is 56.0 Å². The lowest BCUT2D eigenvalue weighted by atomic mass is 9.91. The maximum atomic E-state index is 13.4. The third kappa shape index (κ3) is 5.27. The molecule has 2 heterocycles. The summed E-state index contributed by atoms with van der Waals surface area (Å²) in [5.74, 6) is -0.00136. The van der Waals surface area contributed by atoms with E-state index in [9.17, 15) is 4.79 Å². The molecule has 1 aromatic heterocycles. The number of ether oxygens (including phenoxy) is 1. The number of benzene rings is 3. The molecule has 1 amide bonds. The van der Waals surface area contributed by atoms with Crippen LogP contribution in [0.3, 0.4) is 0 Å². The zero-order valence-corrected chi connectivity index (χ0v) is 20.8. The minimum atomic E-state index is -0.00136. The SMILES string of the molecule is COCCCn1cc(CNC(=O)C2=C(c3cccc(-c4ccccc4)c3)CCNC2)c2ccccc21. The highest BCUT2D eigenvalue weighted by Gasteiger charge is 2.21. The van der Waals surface area contributed by atoms with Gasteiger partial charge in [-0.2, -0.15) is 0 Å². The smallest absolute Gasteiger partial charge is 0.249 e. The molecule has 0 atom stereocenters. The van der Waals surface area contributed by atoms with Gasteiger partial charge >= 0.3 is 0 Å². The van der Waals surface area contributed by atoms with Gasteiger partial charge < -0.3 is 19.9 Å². The Morgan fingerprint density at radius 3 is 2.61 bits per heavy atom. The fraction of sp³-hybridized carbons (Fsp3) is 0.258. The summed E-state index contributed by atoms with van der Waals surface area (Å²) in [6, 6.07) is 27.3. The van der Waals surface area contributed by atoms with Crippen LogP contribution in [0.2, 0.25) is 0 Å². The molecule has 0 bridgehead atoms. The Hall–Kier alpha value is -3.67. The lowest BCUT2D eigenvalue weighted by molar-refractivity contribution is -0.117. The highest BCUT2D eigenvalue weighted by Crippen LogP contribution is 2.29. The van der Waals surface area contributed by atoms with Gasteiger partial charge in [0.1, 0.15) is 0 Å². The zero-order chi connectivity index (χ0) is 24.7. The molecule has 0 aliphatic carbocycles. The molecule has 5 heteroatoms. The molecule has 2 N–H and O–H groups in total. The van der Waals surface area contributed by atoms with E-state index in [1.807, 2.05) is 6.07 Å². The number of hydrogen-bond donors (Lipinski definition) is 2. The molecule has 0 unspecified atom stereocenters. The van der Waals surface area contributed by atoms with Gasteiger partial charge in [0.05, 0.1) is 0 Å². The average Bonchev–Trinajstić information content (AvgIpc) is 3.30. The number of rotatable bonds is 9. The fourth-order valence-electron chi connectivity index (χ4n) is 5.05. The van der Waals surface area contributed by atoms with Gasteiger partial charge in [0.15, 0.2) is 0 Å². The molecular formula is C31H33N3O2. The molecule has 36 heavy (non-hydrogen) atoms. The van der Waals surface area contributed by atoms with E-state index in [1.165, 1.54) is 22.0 Å². The summed E-state index contributed by atoms with van der Waals surface area (Å²) in [4.78, 5) is 13.4. The van der Waals surface area contributed by atoms with Gasteiger partial charge in [-0.25, -0.2) is 0 Å². The summed E-state index contributed by atoms with van der Waals surface area (Å²) in [7, 11) is 1.73. The van der Waals surface area contributed by atoms with Crippen molar-refractivity contribution in [3.05, 3.63) is 102 Å². The van der Waals surface area contributed by atoms with Crippen LogP contribution in [0.25, 0.3) is 27.6 Å². The summed E-state index contributed by atoms with van der Waals surface area (Å²) in [5, 5.41) is 7.78. The third-order valence-electron chi connectivity index (χ3n) is 6.87. The summed E-state index contributed by atoms with van der Waals surface area (Å²) >= 11 is 0. The normalized spacial score (nSPS) is 13.8. The third-order valence-corrected chi connectivity index (χ3v) is 6.87. The van der Waals surface area contributed by atoms with Gasteiger partial charge in [-0.05, 0) is 59.3 Å². The zero-order valence-electron chi connectivity index (χ0n) is 20.8. The van der Waals surface area contributed by atoms with E-state index in [1.54, 1.807) is 7.11 Å². The van der Waals surface area contributed by atoms with Crippen LogP contribution in [0.5, 0.6) is 0 Å². The van der Waals surface area contributed by atoms with Crippen LogP contribution in [0.1, 0.15) is 24.0 Å². The van der Waals surface area contributed by atoms with E-state index in [2.05, 4.69) is 94.2 Å². The van der Waals surface area contributed by atoms with Crippen molar-refractivity contribution in [1.29, 1.82) is 0 Å². The number of amides is 1. The highest BCUT2D eigenvalue weighted by atomic mass is 16.5. The molecule has 0 radical (unpaired) electrons. The number of aryl methyl sites for hydroxylation is 1. The lowest BCUT2D eigenvalue weighted by Crippen LogP contribution is -2.34. The number of methoxy groups -OCH3 is 1. The molecule has 184 valence electrons. The number of carbonyl (C=O) groups excluding carboxylic acids is 1. The van der Waals surface area contributed by atoms with Crippen LogP contribution < -0.4 is 10.6 Å². The Balaban J connectivity index is 1.38. The van der Waals surface area contributed by atoms with E-state index < -0.39 is 0 Å². The van der Waals surface area contributed by atoms with Crippen molar-refractivity contribution in [3.8, 4) is 11.1 Å². The number of fused-ring (bicyclic) bond motifs is 1. The van der Waals surface area contributed by atoms with Gasteiger partial charge in [-0.3, -0.25) is 4.79 Å². The molecule has 1 aliphatic rings. The van der Waals surface area contributed by atoms with E-state index in [0.29, 0.717) is 13.1 Å². The largest absolute Gasteiger partial charge is 0.385 e. The molecule has 0 fully saturated rings. The van der Waals surface area contributed by atoms with Gasteiger partial charge in [-0.1, -0.05) is 66.7 Å². The fourth-order valence-corrected chi connectivity index (χ4v) is 5.05. The van der Waals surface area contributed by atoms with Crippen LogP contribution >= 0.6 is 0 Å². The minimum Gasteiger partial charge on any atom is -0.385 e. The Morgan fingerprint density at radius 1 is 0.972 bits per heavy atom. The first-order chi connectivity index (χ1) is 17.7. The second-order valence-corrected chi connectivity index (χ2v) is 9.22. The number of hydrogen-bond acceptors (Lipinski definition) is 3. The van der Waals surface area contributed by atoms with Gasteiger partial charge in [0.2, 0.25) is 5.91 Å². The Bertz CT molecular complexity index is 1370. The predicted molar refractivity (Wildman–Crippen MR) is 147 cm³/mol. The number of para-hydroxylation sites is 1. The molecule has 5 nitrogen and oxygen atoms in total. The molecule has 3 aromatic carbocycles. The lowest BCUT2D eigenvalue weighted by Gasteiger charge is -2.22. The number of aromatic nitrogens is 1. The van der Waals surface area contributed by atoms with E-state index >= 15 is 0 Å². The first kappa shape index (κ1) is 24.0. The maximum Gasteiger partial charge on any atom is 0.249 e. The van der Waals surface area contributed by atoms with E-state index in [-0.39, 0.29) is 5.91 Å². The average molecular weight is 480 g/mol. The number of nitrogens with zero attached hydrogens (tertiary/aromatic N) is 1. The summed E-state index contributed by atoms with van der Waals surface area (Å²) in [5.41, 5.74) is 7.75. The van der Waals surface area contributed by atoms with Gasteiger partial charge in [0.25, 0.3) is 0 Å². The topological polar surface area (TPSA) is 55.3 Å². The van der Waals surface area contributed by atoms with Crippen molar-refractivity contribution in [2.75, 3.05) is 26.8 Å². The Morgan fingerprint density at radius 2 is 1.75 bits per heavy atom. The monoisotopic (exact) mass is 479 g/mol. The molecule has 0 saturated carbocycles. The molecule has 0 spiro atoms. The molecule has 4 aromatic rings. The van der Waals surface area contributed by atoms with Crippen LogP contribution in [0, 0.1) is 0 Å². The van der Waals surface area contributed by atoms with Crippen LogP contribution in [-0.2, 0) is 22.6 Å². The predicted octanol–water partition coefficient (Wildman–Crippen LogP) is 5.41. The molecule has 1 aliphatic heterocycles. The minimum absolute atomic E-state index is 0.00136. The van der Waals surface area contributed by atoms with Crippen molar-refractivity contribution in [1.82, 2.24) is 15.2 Å². The summed E-state index contributed by atoms with van der Waals surface area (Å²) in [6.07, 6.45) is 3.95. The second-order valence-electron chi connectivity index (χ2n) is 9.22. The van der Waals surface area contributed by atoms with Crippen molar-refractivity contribution in [2.24, 2.45) is 0 Å². The van der Waals surface area contributed by atoms with Crippen molar-refractivity contribution in [3.63, 3.8) is 0 Å². The van der Waals surface area contributed by atoms with Crippen molar-refractivity contribution in [2.45, 2.75) is 25.9 Å². The van der Waals surface area contributed by atoms with Crippen LogP contribution in [-0.4, -0.2) is 37.3 Å². The van der Waals surface area contributed by atoms with E-state index in [0.717, 1.165) is 54.8 Å². The second kappa shape index (κ2) is 11.4. The highest BCUT2D eigenvalue weighted by molar-refractivity contribution is 6.02. The van der Waals surface area contributed by atoms with Crippen LogP contribution in [0.15, 0.2) is 90.6 Å². The Labute approximate surface area is 212 Å².